The Morgan fingerprint density at radius 2 is 1.82 bits per heavy atom. The molecule has 1 heterocycles. The minimum absolute atomic E-state index is 0.0410. The number of nitrogens with zero attached hydrogens (tertiary/aromatic N) is 2. The highest BCUT2D eigenvalue weighted by molar-refractivity contribution is 9.10. The molecule has 22 heavy (non-hydrogen) atoms. The molecule has 112 valence electrons. The predicted octanol–water partition coefficient (Wildman–Crippen LogP) is 4.11. The highest BCUT2D eigenvalue weighted by Gasteiger charge is 2.15. The fraction of sp³-hybridized carbons (Fsp3) is 0. The van der Waals surface area contributed by atoms with Crippen LogP contribution in [-0.2, 0) is 10.0 Å². The Bertz CT molecular complexity index is 966. The largest absolute Gasteiger partial charge is 0.493 e. The van der Waals surface area contributed by atoms with E-state index in [1.807, 2.05) is 0 Å². The summed E-state index contributed by atoms with van der Waals surface area (Å²) >= 11 is 3.32. The van der Waals surface area contributed by atoms with Gasteiger partial charge < -0.3 is 10.1 Å². The van der Waals surface area contributed by atoms with Crippen LogP contribution in [0, 0.1) is 0 Å². The van der Waals surface area contributed by atoms with Crippen LogP contribution in [0.1, 0.15) is 0 Å². The summed E-state index contributed by atoms with van der Waals surface area (Å²) in [5.74, 6) is -0.236. The SMILES string of the molecule is O=S(=O)(N=Nc1c(O)[nH]c2ccc(Br)cc12)c1ccccc1. The first-order valence-corrected chi connectivity index (χ1v) is 8.44. The molecule has 2 N–H and O–H groups in total. The molecule has 0 aliphatic heterocycles. The van der Waals surface area contributed by atoms with Crippen LogP contribution in [0.25, 0.3) is 10.9 Å². The average molecular weight is 380 g/mol. The van der Waals surface area contributed by atoms with E-state index in [1.54, 1.807) is 36.4 Å². The Morgan fingerprint density at radius 3 is 2.55 bits per heavy atom. The minimum Gasteiger partial charge on any atom is -0.493 e. The Balaban J connectivity index is 2.06. The second-order valence-electron chi connectivity index (χ2n) is 4.48. The molecular formula is C14H10BrN3O3S. The molecule has 0 saturated carbocycles. The monoisotopic (exact) mass is 379 g/mol. The molecule has 3 aromatic rings. The second-order valence-corrected chi connectivity index (χ2v) is 6.98. The summed E-state index contributed by atoms with van der Waals surface area (Å²) in [6.45, 7) is 0. The molecule has 0 unspecified atom stereocenters. The minimum atomic E-state index is -3.91. The van der Waals surface area contributed by atoms with Crippen LogP contribution < -0.4 is 0 Å². The molecule has 2 aromatic carbocycles. The maximum absolute atomic E-state index is 12.1. The number of aromatic amines is 1. The molecule has 0 bridgehead atoms. The van der Waals surface area contributed by atoms with E-state index >= 15 is 0 Å². The van der Waals surface area contributed by atoms with Gasteiger partial charge in [-0.05, 0) is 30.3 Å². The molecule has 0 aliphatic rings. The Labute approximate surface area is 134 Å². The van der Waals surface area contributed by atoms with Gasteiger partial charge in [-0.1, -0.05) is 38.6 Å². The van der Waals surface area contributed by atoms with Gasteiger partial charge in [-0.3, -0.25) is 0 Å². The number of aromatic hydroxyl groups is 1. The lowest BCUT2D eigenvalue weighted by molar-refractivity contribution is 0.459. The predicted molar refractivity (Wildman–Crippen MR) is 85.8 cm³/mol. The van der Waals surface area contributed by atoms with Crippen LogP contribution >= 0.6 is 15.9 Å². The maximum atomic E-state index is 12.1. The zero-order valence-corrected chi connectivity index (χ0v) is 13.5. The van der Waals surface area contributed by atoms with Crippen LogP contribution in [0.3, 0.4) is 0 Å². The van der Waals surface area contributed by atoms with Gasteiger partial charge in [0, 0.05) is 9.86 Å². The van der Waals surface area contributed by atoms with Gasteiger partial charge in [0.15, 0.2) is 5.69 Å². The normalized spacial score (nSPS) is 12.2. The van der Waals surface area contributed by atoms with Crippen molar-refractivity contribution in [3.8, 4) is 5.88 Å². The summed E-state index contributed by atoms with van der Waals surface area (Å²) in [6, 6.07) is 13.0. The third-order valence-corrected chi connectivity index (χ3v) is 4.66. The van der Waals surface area contributed by atoms with Gasteiger partial charge >= 0.3 is 0 Å². The lowest BCUT2D eigenvalue weighted by atomic mass is 10.2. The highest BCUT2D eigenvalue weighted by atomic mass is 79.9. The molecule has 0 saturated heterocycles. The van der Waals surface area contributed by atoms with Crippen molar-refractivity contribution in [3.05, 3.63) is 53.0 Å². The van der Waals surface area contributed by atoms with E-state index in [-0.39, 0.29) is 16.5 Å². The number of rotatable bonds is 3. The first-order valence-electron chi connectivity index (χ1n) is 6.20. The van der Waals surface area contributed by atoms with Crippen molar-refractivity contribution >= 4 is 42.5 Å². The van der Waals surface area contributed by atoms with E-state index in [0.717, 1.165) is 4.47 Å². The number of halogens is 1. The summed E-state index contributed by atoms with van der Waals surface area (Å²) in [5, 5.41) is 14.2. The van der Waals surface area contributed by atoms with Crippen LogP contribution in [-0.4, -0.2) is 18.5 Å². The number of hydrogen-bond acceptors (Lipinski definition) is 4. The molecular weight excluding hydrogens is 370 g/mol. The molecule has 0 atom stereocenters. The molecule has 0 radical (unpaired) electrons. The number of nitrogens with one attached hydrogen (secondary N) is 1. The molecule has 0 fully saturated rings. The van der Waals surface area contributed by atoms with Crippen LogP contribution in [0.4, 0.5) is 5.69 Å². The summed E-state index contributed by atoms with van der Waals surface area (Å²) in [5.41, 5.74) is 0.711. The molecule has 3 rings (SSSR count). The highest BCUT2D eigenvalue weighted by Crippen LogP contribution is 2.37. The van der Waals surface area contributed by atoms with Crippen LogP contribution in [0.2, 0.25) is 0 Å². The number of sulfonamides is 1. The molecule has 8 heteroatoms. The standard InChI is InChI=1S/C14H10BrN3O3S/c15-9-6-7-12-11(8-9)13(14(19)16-12)17-18-22(20,21)10-4-2-1-3-5-10/h1-8,16,19H. The molecule has 1 aromatic heterocycles. The van der Waals surface area contributed by atoms with Gasteiger partial charge in [0.2, 0.25) is 5.88 Å². The summed E-state index contributed by atoms with van der Waals surface area (Å²) in [4.78, 5) is 2.76. The van der Waals surface area contributed by atoms with Crippen molar-refractivity contribution in [2.24, 2.45) is 9.63 Å². The van der Waals surface area contributed by atoms with Crippen LogP contribution in [0.15, 0.2) is 67.5 Å². The Kier molecular flexibility index (Phi) is 3.71. The number of fused-ring (bicyclic) bond motifs is 1. The zero-order valence-electron chi connectivity index (χ0n) is 11.1. The molecule has 0 aliphatic carbocycles. The van der Waals surface area contributed by atoms with E-state index in [0.29, 0.717) is 10.9 Å². The van der Waals surface area contributed by atoms with E-state index in [2.05, 4.69) is 30.5 Å². The second kappa shape index (κ2) is 5.54. The number of H-pyrrole nitrogens is 1. The Hall–Kier alpha value is -2.19. The number of hydrogen-bond donors (Lipinski definition) is 2. The first-order chi connectivity index (χ1) is 10.5. The summed E-state index contributed by atoms with van der Waals surface area (Å²) < 4.78 is 28.4. The average Bonchev–Trinajstić information content (AvgIpc) is 2.81. The summed E-state index contributed by atoms with van der Waals surface area (Å²) in [6.07, 6.45) is 0. The number of benzene rings is 2. The van der Waals surface area contributed by atoms with Crippen molar-refractivity contribution in [2.45, 2.75) is 4.90 Å². The van der Waals surface area contributed by atoms with Crippen molar-refractivity contribution in [1.29, 1.82) is 0 Å². The van der Waals surface area contributed by atoms with Crippen molar-refractivity contribution in [3.63, 3.8) is 0 Å². The van der Waals surface area contributed by atoms with E-state index in [9.17, 15) is 13.5 Å². The van der Waals surface area contributed by atoms with Crippen molar-refractivity contribution < 1.29 is 13.5 Å². The number of aromatic nitrogens is 1. The van der Waals surface area contributed by atoms with Crippen molar-refractivity contribution in [1.82, 2.24) is 4.98 Å². The lowest BCUT2D eigenvalue weighted by Crippen LogP contribution is -1.94. The third kappa shape index (κ3) is 2.75. The fourth-order valence-corrected chi connectivity index (χ4v) is 3.12. The van der Waals surface area contributed by atoms with Gasteiger partial charge in [0.05, 0.1) is 10.4 Å². The summed E-state index contributed by atoms with van der Waals surface area (Å²) in [7, 11) is -3.91. The van der Waals surface area contributed by atoms with Gasteiger partial charge in [-0.25, -0.2) is 0 Å². The topological polar surface area (TPSA) is 94.9 Å². The van der Waals surface area contributed by atoms with Crippen molar-refractivity contribution in [2.75, 3.05) is 0 Å². The van der Waals surface area contributed by atoms with E-state index in [1.165, 1.54) is 12.1 Å². The maximum Gasteiger partial charge on any atom is 0.299 e. The Morgan fingerprint density at radius 1 is 1.09 bits per heavy atom. The van der Waals surface area contributed by atoms with Gasteiger partial charge in [0.25, 0.3) is 10.0 Å². The first kappa shape index (κ1) is 14.7. The molecule has 6 nitrogen and oxygen atoms in total. The zero-order chi connectivity index (χ0) is 15.7. The molecule has 0 amide bonds. The van der Waals surface area contributed by atoms with Gasteiger partial charge in [0.1, 0.15) is 0 Å². The smallest absolute Gasteiger partial charge is 0.299 e. The van der Waals surface area contributed by atoms with Crippen LogP contribution in [0.5, 0.6) is 5.88 Å². The quantitative estimate of drug-likeness (QED) is 0.670. The third-order valence-electron chi connectivity index (χ3n) is 3.00. The van der Waals surface area contributed by atoms with Gasteiger partial charge in [-0.2, -0.15) is 8.42 Å². The lowest BCUT2D eigenvalue weighted by Gasteiger charge is -1.96. The van der Waals surface area contributed by atoms with E-state index < -0.39 is 10.0 Å². The van der Waals surface area contributed by atoms with E-state index in [4.69, 9.17) is 0 Å². The molecule has 0 spiro atoms. The fourth-order valence-electron chi connectivity index (χ4n) is 1.97. The van der Waals surface area contributed by atoms with Gasteiger partial charge in [-0.15, -0.1) is 5.11 Å².